The molecule has 5 rings (SSSR count). The molecule has 2 aliphatic rings. The van der Waals surface area contributed by atoms with Gasteiger partial charge in [-0.25, -0.2) is 0 Å². The summed E-state index contributed by atoms with van der Waals surface area (Å²) in [5, 5.41) is 11.0. The number of carbonyl (C=O) groups is 1. The average Bonchev–Trinajstić information content (AvgIpc) is 3.51. The van der Waals surface area contributed by atoms with Crippen molar-refractivity contribution in [2.75, 3.05) is 0 Å². The molecule has 2 aromatic carbocycles. The molecule has 1 N–H and O–H groups in total. The number of aliphatic hydroxyl groups excluding tert-OH is 1. The summed E-state index contributed by atoms with van der Waals surface area (Å²) in [5.41, 5.74) is 7.99. The number of aromatic nitrogens is 1. The maximum absolute atomic E-state index is 10.0. The van der Waals surface area contributed by atoms with Gasteiger partial charge in [-0.2, -0.15) is 0 Å². The fraction of sp³-hybridized carbons (Fsp3) is 0.438. The van der Waals surface area contributed by atoms with Crippen LogP contribution in [0.1, 0.15) is 99.3 Å². The number of fused-ring (bicyclic) bond motifs is 1. The Labute approximate surface area is 229 Å². The second kappa shape index (κ2) is 12.8. The molecule has 3 aromatic rings. The molecule has 36 heavy (non-hydrogen) atoms. The first kappa shape index (κ1) is 28.3. The third kappa shape index (κ3) is 6.93. The van der Waals surface area contributed by atoms with Crippen molar-refractivity contribution in [2.24, 2.45) is 0 Å². The summed E-state index contributed by atoms with van der Waals surface area (Å²) >= 11 is 0. The summed E-state index contributed by atoms with van der Waals surface area (Å²) in [6.45, 7) is 7.14. The second-order valence-corrected chi connectivity index (χ2v) is 10.5. The Morgan fingerprint density at radius 3 is 2.03 bits per heavy atom. The van der Waals surface area contributed by atoms with Crippen LogP contribution in [0, 0.1) is 19.9 Å². The van der Waals surface area contributed by atoms with Gasteiger partial charge in [-0.15, -0.1) is 34.9 Å². The Hall–Kier alpha value is -2.29. The van der Waals surface area contributed by atoms with Crippen LogP contribution in [0.4, 0.5) is 0 Å². The van der Waals surface area contributed by atoms with Crippen molar-refractivity contribution in [2.45, 2.75) is 90.9 Å². The van der Waals surface area contributed by atoms with Crippen molar-refractivity contribution in [1.82, 2.24) is 4.98 Å². The Kier molecular flexibility index (Phi) is 10.0. The number of hydrogen-bond donors (Lipinski definition) is 1. The minimum atomic E-state index is -0.125. The summed E-state index contributed by atoms with van der Waals surface area (Å²) < 4.78 is 0. The normalized spacial score (nSPS) is 16.5. The number of rotatable bonds is 4. The largest absolute Gasteiger partial charge is 0.512 e. The average molecular weight is 661 g/mol. The van der Waals surface area contributed by atoms with E-state index in [0.29, 0.717) is 0 Å². The third-order valence-electron chi connectivity index (χ3n) is 7.37. The SMILES string of the molecule is CC(=O)/C=C(/C)O.Cc1[c-]c(-c2nccc3cc(C4CCCC4)c(C4CCCC4)cc23)cc(C)c1.[Ir]. The van der Waals surface area contributed by atoms with Gasteiger partial charge in [0, 0.05) is 32.4 Å². The van der Waals surface area contributed by atoms with Crippen molar-refractivity contribution in [3.63, 3.8) is 0 Å². The van der Waals surface area contributed by atoms with E-state index in [9.17, 15) is 4.79 Å². The van der Waals surface area contributed by atoms with Gasteiger partial charge in [-0.1, -0.05) is 51.7 Å². The van der Waals surface area contributed by atoms with E-state index in [2.05, 4.69) is 50.2 Å². The molecular formula is C32H38IrNO2-. The quantitative estimate of drug-likeness (QED) is 0.173. The van der Waals surface area contributed by atoms with Crippen LogP contribution < -0.4 is 0 Å². The molecule has 0 bridgehead atoms. The number of hydrogen-bond acceptors (Lipinski definition) is 3. The molecule has 0 amide bonds. The van der Waals surface area contributed by atoms with Crippen LogP contribution in [0.15, 0.2) is 48.4 Å². The van der Waals surface area contributed by atoms with Gasteiger partial charge in [0.05, 0.1) is 5.76 Å². The minimum Gasteiger partial charge on any atom is -0.512 e. The molecule has 2 aliphatic carbocycles. The first-order chi connectivity index (χ1) is 16.8. The van der Waals surface area contributed by atoms with Crippen LogP contribution in [-0.4, -0.2) is 15.9 Å². The molecule has 1 radical (unpaired) electrons. The molecule has 1 heterocycles. The zero-order valence-electron chi connectivity index (χ0n) is 22.0. The predicted octanol–water partition coefficient (Wildman–Crippen LogP) is 8.67. The molecule has 193 valence electrons. The fourth-order valence-corrected chi connectivity index (χ4v) is 5.97. The molecule has 3 nitrogen and oxygen atoms in total. The monoisotopic (exact) mass is 661 g/mol. The number of ketones is 1. The Balaban J connectivity index is 0.000000400. The first-order valence-corrected chi connectivity index (χ1v) is 13.1. The molecule has 2 fully saturated rings. The smallest absolute Gasteiger partial charge is 0.155 e. The number of pyridine rings is 1. The van der Waals surface area contributed by atoms with Crippen LogP contribution in [-0.2, 0) is 24.9 Å². The number of allylic oxidation sites excluding steroid dienone is 2. The summed E-state index contributed by atoms with van der Waals surface area (Å²) in [6.07, 6.45) is 14.2. The molecule has 0 aliphatic heterocycles. The van der Waals surface area contributed by atoms with Gasteiger partial charge in [0.15, 0.2) is 5.78 Å². The molecular weight excluding hydrogens is 623 g/mol. The topological polar surface area (TPSA) is 50.2 Å². The summed E-state index contributed by atoms with van der Waals surface area (Å²) in [6, 6.07) is 15.2. The van der Waals surface area contributed by atoms with E-state index in [0.717, 1.165) is 23.1 Å². The van der Waals surface area contributed by atoms with Crippen molar-refractivity contribution in [3.05, 3.63) is 76.7 Å². The van der Waals surface area contributed by atoms with E-state index in [1.807, 2.05) is 6.20 Å². The fourth-order valence-electron chi connectivity index (χ4n) is 5.97. The molecule has 1 aromatic heterocycles. The second-order valence-electron chi connectivity index (χ2n) is 10.5. The van der Waals surface area contributed by atoms with Gasteiger partial charge in [0.25, 0.3) is 0 Å². The maximum Gasteiger partial charge on any atom is 0.155 e. The Bertz CT molecular complexity index is 1210. The van der Waals surface area contributed by atoms with Gasteiger partial charge >= 0.3 is 0 Å². The predicted molar refractivity (Wildman–Crippen MR) is 145 cm³/mol. The van der Waals surface area contributed by atoms with Crippen molar-refractivity contribution < 1.29 is 30.0 Å². The maximum atomic E-state index is 10.0. The van der Waals surface area contributed by atoms with Gasteiger partial charge in [0.1, 0.15) is 0 Å². The molecule has 4 heteroatoms. The van der Waals surface area contributed by atoms with Crippen LogP contribution >= 0.6 is 0 Å². The van der Waals surface area contributed by atoms with Gasteiger partial charge in [-0.3, -0.25) is 4.79 Å². The molecule has 0 saturated heterocycles. The van der Waals surface area contributed by atoms with Crippen molar-refractivity contribution in [1.29, 1.82) is 0 Å². The number of carbonyl (C=O) groups excluding carboxylic acids is 1. The molecule has 0 atom stereocenters. The summed E-state index contributed by atoms with van der Waals surface area (Å²) in [4.78, 5) is 14.8. The molecule has 0 unspecified atom stereocenters. The van der Waals surface area contributed by atoms with E-state index >= 15 is 0 Å². The first-order valence-electron chi connectivity index (χ1n) is 13.1. The van der Waals surface area contributed by atoms with Crippen molar-refractivity contribution in [3.8, 4) is 11.3 Å². The zero-order valence-corrected chi connectivity index (χ0v) is 24.4. The number of aryl methyl sites for hydroxylation is 2. The molecule has 2 saturated carbocycles. The van der Waals surface area contributed by atoms with Crippen LogP contribution in [0.3, 0.4) is 0 Å². The van der Waals surface area contributed by atoms with Gasteiger partial charge in [0.2, 0.25) is 0 Å². The Morgan fingerprint density at radius 2 is 1.53 bits per heavy atom. The minimum absolute atomic E-state index is 0. The van der Waals surface area contributed by atoms with E-state index in [1.54, 1.807) is 11.1 Å². The van der Waals surface area contributed by atoms with E-state index in [1.165, 1.54) is 93.2 Å². The van der Waals surface area contributed by atoms with Crippen molar-refractivity contribution >= 4 is 16.6 Å². The van der Waals surface area contributed by atoms with Gasteiger partial charge < -0.3 is 10.1 Å². The standard InChI is InChI=1S/C27H30N.C5H8O2.Ir/c1-18-13-19(2)15-23(14-18)27-26-17-25(21-9-5-6-10-21)24(20-7-3-4-8-20)16-22(26)11-12-28-27;1-4(6)3-5(2)7;/h11-14,16-17,20-21H,3-10H2,1-2H3;3,6H,1-2H3;/q-1;;/b;4-3-;. The van der Waals surface area contributed by atoms with E-state index in [-0.39, 0.29) is 31.6 Å². The molecule has 0 spiro atoms. The number of aliphatic hydroxyl groups is 1. The third-order valence-corrected chi connectivity index (χ3v) is 7.37. The van der Waals surface area contributed by atoms with Crippen LogP contribution in [0.5, 0.6) is 0 Å². The number of benzene rings is 2. The van der Waals surface area contributed by atoms with Crippen LogP contribution in [0.25, 0.3) is 22.0 Å². The van der Waals surface area contributed by atoms with E-state index < -0.39 is 0 Å². The number of nitrogens with zero attached hydrogens (tertiary/aromatic N) is 1. The Morgan fingerprint density at radius 1 is 0.944 bits per heavy atom. The summed E-state index contributed by atoms with van der Waals surface area (Å²) in [7, 11) is 0. The van der Waals surface area contributed by atoms with Crippen LogP contribution in [0.2, 0.25) is 0 Å². The summed E-state index contributed by atoms with van der Waals surface area (Å²) in [5.74, 6) is 1.45. The zero-order chi connectivity index (χ0) is 24.9. The van der Waals surface area contributed by atoms with E-state index in [4.69, 9.17) is 10.1 Å². The van der Waals surface area contributed by atoms with Gasteiger partial charge in [-0.05, 0) is 85.0 Å².